The van der Waals surface area contributed by atoms with Crippen LogP contribution in [-0.2, 0) is 4.79 Å². The van der Waals surface area contributed by atoms with Crippen LogP contribution >= 0.6 is 23.1 Å². The number of thioether (sulfide) groups is 1. The first kappa shape index (κ1) is 18.8. The largest absolute Gasteiger partial charge is 0.341 e. The molecule has 2 rings (SSSR count). The summed E-state index contributed by atoms with van der Waals surface area (Å²) in [4.78, 5) is 15.4. The number of hydrogen-bond donors (Lipinski definition) is 1. The van der Waals surface area contributed by atoms with E-state index in [4.69, 9.17) is 5.84 Å². The lowest BCUT2D eigenvalue weighted by Gasteiger charge is -2.26. The Morgan fingerprint density at radius 2 is 1.96 bits per heavy atom. The van der Waals surface area contributed by atoms with Crippen LogP contribution in [0, 0.1) is 11.8 Å². The van der Waals surface area contributed by atoms with Gasteiger partial charge in [-0.2, -0.15) is 0 Å². The third-order valence-corrected chi connectivity index (χ3v) is 5.05. The van der Waals surface area contributed by atoms with Crippen molar-refractivity contribution in [2.75, 3.05) is 24.7 Å². The van der Waals surface area contributed by atoms with Crippen molar-refractivity contribution in [1.82, 2.24) is 19.8 Å². The maximum Gasteiger partial charge on any atom is 0.233 e. The van der Waals surface area contributed by atoms with Crippen molar-refractivity contribution in [3.05, 3.63) is 17.5 Å². The van der Waals surface area contributed by atoms with E-state index in [-0.39, 0.29) is 5.91 Å². The van der Waals surface area contributed by atoms with Crippen LogP contribution in [0.4, 0.5) is 0 Å². The van der Waals surface area contributed by atoms with Crippen LogP contribution in [0.2, 0.25) is 0 Å². The number of carbonyl (C=O) groups is 1. The Hall–Kier alpha value is -1.54. The van der Waals surface area contributed by atoms with Crippen LogP contribution in [0.15, 0.2) is 22.7 Å². The van der Waals surface area contributed by atoms with E-state index in [2.05, 4.69) is 37.9 Å². The Morgan fingerprint density at radius 1 is 1.29 bits per heavy atom. The highest BCUT2D eigenvalue weighted by Crippen LogP contribution is 2.25. The molecule has 0 saturated heterocycles. The zero-order valence-corrected chi connectivity index (χ0v) is 16.2. The minimum absolute atomic E-state index is 0.114. The molecule has 0 radical (unpaired) electrons. The van der Waals surface area contributed by atoms with E-state index in [0.29, 0.717) is 28.6 Å². The van der Waals surface area contributed by atoms with Gasteiger partial charge in [-0.3, -0.25) is 4.79 Å². The average Bonchev–Trinajstić information content (AvgIpc) is 3.12. The molecule has 1 amide bonds. The third kappa shape index (κ3) is 4.98. The fourth-order valence-corrected chi connectivity index (χ4v) is 3.79. The molecule has 2 N–H and O–H groups in total. The van der Waals surface area contributed by atoms with Crippen molar-refractivity contribution < 1.29 is 4.79 Å². The van der Waals surface area contributed by atoms with E-state index in [1.165, 1.54) is 16.4 Å². The highest BCUT2D eigenvalue weighted by atomic mass is 32.2. The second-order valence-electron chi connectivity index (χ2n) is 6.53. The summed E-state index contributed by atoms with van der Waals surface area (Å²) in [6.07, 6.45) is 0. The molecule has 0 bridgehead atoms. The summed E-state index contributed by atoms with van der Waals surface area (Å²) in [6.45, 7) is 10.0. The van der Waals surface area contributed by atoms with Gasteiger partial charge in [0.25, 0.3) is 0 Å². The Balaban J connectivity index is 2.00. The predicted molar refractivity (Wildman–Crippen MR) is 100 cm³/mol. The number of aromatic nitrogens is 3. The number of nitrogen functional groups attached to an aromatic ring is 1. The monoisotopic (exact) mass is 367 g/mol. The van der Waals surface area contributed by atoms with Gasteiger partial charge in [0, 0.05) is 13.1 Å². The average molecular weight is 368 g/mol. The van der Waals surface area contributed by atoms with Gasteiger partial charge in [-0.15, -0.1) is 21.5 Å². The first-order valence-electron chi connectivity index (χ1n) is 8.03. The van der Waals surface area contributed by atoms with Crippen molar-refractivity contribution in [2.45, 2.75) is 32.9 Å². The van der Waals surface area contributed by atoms with E-state index in [0.717, 1.165) is 18.0 Å². The van der Waals surface area contributed by atoms with Gasteiger partial charge in [-0.05, 0) is 23.3 Å². The first-order valence-corrected chi connectivity index (χ1v) is 9.90. The Bertz CT molecular complexity index is 641. The molecule has 6 nitrogen and oxygen atoms in total. The van der Waals surface area contributed by atoms with Crippen molar-refractivity contribution in [1.29, 1.82) is 0 Å². The molecule has 0 unspecified atom stereocenters. The Morgan fingerprint density at radius 3 is 2.50 bits per heavy atom. The molecule has 0 aliphatic heterocycles. The zero-order valence-electron chi connectivity index (χ0n) is 14.6. The van der Waals surface area contributed by atoms with Crippen LogP contribution in [0.1, 0.15) is 27.7 Å². The zero-order chi connectivity index (χ0) is 17.7. The second kappa shape index (κ2) is 8.53. The van der Waals surface area contributed by atoms with Crippen LogP contribution in [0.25, 0.3) is 10.7 Å². The van der Waals surface area contributed by atoms with Gasteiger partial charge in [0.05, 0.1) is 10.6 Å². The number of nitrogens with zero attached hydrogens (tertiary/aromatic N) is 4. The van der Waals surface area contributed by atoms with E-state index in [1.807, 2.05) is 22.4 Å². The summed E-state index contributed by atoms with van der Waals surface area (Å²) in [5, 5.41) is 10.8. The molecule has 2 aromatic rings. The predicted octanol–water partition coefficient (Wildman–Crippen LogP) is 2.95. The minimum atomic E-state index is 0.114. The van der Waals surface area contributed by atoms with E-state index < -0.39 is 0 Å². The maximum atomic E-state index is 12.5. The SMILES string of the molecule is CC(C)CN(CC(C)C)C(=O)CSc1nnc(-c2cccs2)n1N. The van der Waals surface area contributed by atoms with E-state index in [9.17, 15) is 4.79 Å². The van der Waals surface area contributed by atoms with Crippen molar-refractivity contribution >= 4 is 29.0 Å². The molecule has 2 aromatic heterocycles. The molecule has 0 atom stereocenters. The second-order valence-corrected chi connectivity index (χ2v) is 8.42. The lowest BCUT2D eigenvalue weighted by molar-refractivity contribution is -0.129. The van der Waals surface area contributed by atoms with Gasteiger partial charge in [-0.1, -0.05) is 45.5 Å². The van der Waals surface area contributed by atoms with Gasteiger partial charge >= 0.3 is 0 Å². The Kier molecular flexibility index (Phi) is 6.68. The van der Waals surface area contributed by atoms with E-state index >= 15 is 0 Å². The number of amides is 1. The van der Waals surface area contributed by atoms with Crippen LogP contribution in [-0.4, -0.2) is 44.5 Å². The molecular weight excluding hydrogens is 342 g/mol. The molecule has 8 heteroatoms. The van der Waals surface area contributed by atoms with Crippen molar-refractivity contribution in [3.63, 3.8) is 0 Å². The quantitative estimate of drug-likeness (QED) is 0.573. The standard InChI is InChI=1S/C16H25N5OS2/c1-11(2)8-20(9-12(3)4)14(22)10-24-16-19-18-15(21(16)17)13-6-5-7-23-13/h5-7,11-12H,8-10,17H2,1-4H3. The lowest BCUT2D eigenvalue weighted by Crippen LogP contribution is -2.38. The fraction of sp³-hybridized carbons (Fsp3) is 0.562. The first-order chi connectivity index (χ1) is 11.4. The summed E-state index contributed by atoms with van der Waals surface area (Å²) in [6, 6.07) is 3.89. The van der Waals surface area contributed by atoms with Gasteiger partial charge in [-0.25, -0.2) is 4.68 Å². The number of carbonyl (C=O) groups excluding carboxylic acids is 1. The molecule has 0 fully saturated rings. The summed E-state index contributed by atoms with van der Waals surface area (Å²) >= 11 is 2.89. The molecule has 132 valence electrons. The smallest absolute Gasteiger partial charge is 0.233 e. The lowest BCUT2D eigenvalue weighted by atomic mass is 10.1. The van der Waals surface area contributed by atoms with Gasteiger partial charge in [0.15, 0.2) is 5.82 Å². The minimum Gasteiger partial charge on any atom is -0.341 e. The Labute approximate surface area is 151 Å². The summed E-state index contributed by atoms with van der Waals surface area (Å²) in [7, 11) is 0. The molecule has 24 heavy (non-hydrogen) atoms. The topological polar surface area (TPSA) is 77.0 Å². The van der Waals surface area contributed by atoms with Crippen molar-refractivity contribution in [2.24, 2.45) is 11.8 Å². The van der Waals surface area contributed by atoms with Crippen LogP contribution in [0.5, 0.6) is 0 Å². The molecule has 0 saturated carbocycles. The number of nitrogens with two attached hydrogens (primary N) is 1. The summed E-state index contributed by atoms with van der Waals surface area (Å²) < 4.78 is 1.46. The molecular formula is C16H25N5OS2. The van der Waals surface area contributed by atoms with E-state index in [1.54, 1.807) is 11.3 Å². The number of thiophene rings is 1. The molecule has 0 aliphatic rings. The highest BCUT2D eigenvalue weighted by Gasteiger charge is 2.19. The highest BCUT2D eigenvalue weighted by molar-refractivity contribution is 7.99. The van der Waals surface area contributed by atoms with Gasteiger partial charge in [0.1, 0.15) is 0 Å². The van der Waals surface area contributed by atoms with Gasteiger partial charge < -0.3 is 10.7 Å². The molecule has 0 aromatic carbocycles. The van der Waals surface area contributed by atoms with Gasteiger partial charge in [0.2, 0.25) is 11.1 Å². The molecule has 0 spiro atoms. The molecule has 0 aliphatic carbocycles. The van der Waals surface area contributed by atoms with Crippen LogP contribution in [0.3, 0.4) is 0 Å². The maximum absolute atomic E-state index is 12.5. The summed E-state index contributed by atoms with van der Waals surface area (Å²) in [5.74, 6) is 8.02. The molecule has 2 heterocycles. The summed E-state index contributed by atoms with van der Waals surface area (Å²) in [5.41, 5.74) is 0. The van der Waals surface area contributed by atoms with Crippen molar-refractivity contribution in [3.8, 4) is 10.7 Å². The van der Waals surface area contributed by atoms with Crippen LogP contribution < -0.4 is 5.84 Å². The number of hydrogen-bond acceptors (Lipinski definition) is 6. The normalized spacial score (nSPS) is 11.4. The third-order valence-electron chi connectivity index (χ3n) is 3.25. The fourth-order valence-electron chi connectivity index (χ4n) is 2.33. The number of rotatable bonds is 8.